The van der Waals surface area contributed by atoms with Crippen molar-refractivity contribution in [3.63, 3.8) is 0 Å². The van der Waals surface area contributed by atoms with E-state index in [-0.39, 0.29) is 5.41 Å². The Morgan fingerprint density at radius 2 is 1.82 bits per heavy atom. The minimum absolute atomic E-state index is 0.271. The van der Waals surface area contributed by atoms with E-state index in [1.807, 2.05) is 18.6 Å². The average Bonchev–Trinajstić information content (AvgIpc) is 2.10. The van der Waals surface area contributed by atoms with E-state index in [2.05, 4.69) is 37.5 Å². The molecule has 0 aromatic carbocycles. The first-order valence-corrected chi connectivity index (χ1v) is 3.94. The molecule has 0 aromatic rings. The fourth-order valence-electron chi connectivity index (χ4n) is 1.00. The summed E-state index contributed by atoms with van der Waals surface area (Å²) in [6.07, 6.45) is 7.94. The van der Waals surface area contributed by atoms with Gasteiger partial charge in [0.15, 0.2) is 0 Å². The molecule has 0 bridgehead atoms. The highest BCUT2D eigenvalue weighted by molar-refractivity contribution is 5.05. The van der Waals surface area contributed by atoms with Crippen molar-refractivity contribution in [3.8, 4) is 0 Å². The number of hydrogen-bond acceptors (Lipinski definition) is 2. The summed E-state index contributed by atoms with van der Waals surface area (Å²) in [4.78, 5) is 0. The van der Waals surface area contributed by atoms with Crippen LogP contribution >= 0.6 is 0 Å². The van der Waals surface area contributed by atoms with E-state index in [9.17, 15) is 0 Å². The molecule has 0 spiro atoms. The van der Waals surface area contributed by atoms with Crippen LogP contribution in [0.3, 0.4) is 0 Å². The van der Waals surface area contributed by atoms with E-state index in [0.29, 0.717) is 6.04 Å². The van der Waals surface area contributed by atoms with Gasteiger partial charge in [-0.1, -0.05) is 20.8 Å². The highest BCUT2D eigenvalue weighted by Crippen LogP contribution is 2.20. The van der Waals surface area contributed by atoms with Gasteiger partial charge in [0, 0.05) is 12.4 Å². The van der Waals surface area contributed by atoms with E-state index in [1.54, 1.807) is 0 Å². The van der Waals surface area contributed by atoms with Crippen LogP contribution in [0.25, 0.3) is 0 Å². The van der Waals surface area contributed by atoms with Gasteiger partial charge in [-0.2, -0.15) is 0 Å². The molecule has 1 aliphatic rings. The lowest BCUT2D eigenvalue weighted by atomic mass is 9.87. The van der Waals surface area contributed by atoms with Crippen molar-refractivity contribution < 1.29 is 0 Å². The van der Waals surface area contributed by atoms with Gasteiger partial charge >= 0.3 is 0 Å². The Kier molecular flexibility index (Phi) is 2.22. The molecular formula is C9H16N2. The molecule has 0 fully saturated rings. The fraction of sp³-hybridized carbons (Fsp3) is 0.556. The summed E-state index contributed by atoms with van der Waals surface area (Å²) in [7, 11) is 0. The monoisotopic (exact) mass is 152 g/mol. The Balaban J connectivity index is 2.64. The van der Waals surface area contributed by atoms with Crippen LogP contribution < -0.4 is 10.6 Å². The molecule has 0 aliphatic carbocycles. The molecule has 0 aromatic heterocycles. The molecule has 1 aliphatic heterocycles. The van der Waals surface area contributed by atoms with Gasteiger partial charge in [-0.15, -0.1) is 0 Å². The van der Waals surface area contributed by atoms with Crippen LogP contribution in [0, 0.1) is 5.41 Å². The zero-order valence-electron chi connectivity index (χ0n) is 7.39. The maximum atomic E-state index is 3.29. The van der Waals surface area contributed by atoms with E-state index < -0.39 is 0 Å². The van der Waals surface area contributed by atoms with Crippen molar-refractivity contribution in [1.82, 2.24) is 10.6 Å². The van der Waals surface area contributed by atoms with Gasteiger partial charge in [-0.3, -0.25) is 0 Å². The zero-order chi connectivity index (χ0) is 8.32. The lowest BCUT2D eigenvalue weighted by molar-refractivity contribution is 0.336. The Bertz CT molecular complexity index is 174. The van der Waals surface area contributed by atoms with Crippen LogP contribution in [-0.4, -0.2) is 6.04 Å². The molecule has 1 rings (SSSR count). The summed E-state index contributed by atoms with van der Waals surface area (Å²) in [5.41, 5.74) is 0.271. The molecule has 2 heteroatoms. The first-order chi connectivity index (χ1) is 5.11. The maximum Gasteiger partial charge on any atom is 0.0504 e. The average molecular weight is 152 g/mol. The third-order valence-corrected chi connectivity index (χ3v) is 1.77. The van der Waals surface area contributed by atoms with Gasteiger partial charge in [0.1, 0.15) is 0 Å². The van der Waals surface area contributed by atoms with Crippen molar-refractivity contribution in [2.24, 2.45) is 5.41 Å². The summed E-state index contributed by atoms with van der Waals surface area (Å²) in [6.45, 7) is 6.65. The van der Waals surface area contributed by atoms with Crippen molar-refractivity contribution in [2.45, 2.75) is 26.8 Å². The Morgan fingerprint density at radius 1 is 1.09 bits per heavy atom. The standard InChI is InChI=1S/C9H16N2/c1-9(2,3)8-4-5-10-6-7-11-8/h4-8,10-11H,1-3H3. The van der Waals surface area contributed by atoms with Gasteiger partial charge in [-0.25, -0.2) is 0 Å². The third-order valence-electron chi connectivity index (χ3n) is 1.77. The summed E-state index contributed by atoms with van der Waals surface area (Å²) in [6, 6.07) is 0.411. The van der Waals surface area contributed by atoms with Crippen molar-refractivity contribution in [1.29, 1.82) is 0 Å². The fourth-order valence-corrected chi connectivity index (χ4v) is 1.00. The molecule has 1 unspecified atom stereocenters. The second-order valence-corrected chi connectivity index (χ2v) is 3.87. The molecule has 2 N–H and O–H groups in total. The van der Waals surface area contributed by atoms with Crippen molar-refractivity contribution in [3.05, 3.63) is 24.7 Å². The second kappa shape index (κ2) is 2.99. The lowest BCUT2D eigenvalue weighted by Crippen LogP contribution is -2.35. The van der Waals surface area contributed by atoms with E-state index >= 15 is 0 Å². The van der Waals surface area contributed by atoms with Crippen LogP contribution in [-0.2, 0) is 0 Å². The van der Waals surface area contributed by atoms with E-state index in [0.717, 1.165) is 0 Å². The van der Waals surface area contributed by atoms with Crippen LogP contribution in [0.1, 0.15) is 20.8 Å². The molecular weight excluding hydrogens is 136 g/mol. The third kappa shape index (κ3) is 2.30. The molecule has 0 saturated heterocycles. The van der Waals surface area contributed by atoms with E-state index in [1.165, 1.54) is 0 Å². The molecule has 11 heavy (non-hydrogen) atoms. The minimum atomic E-state index is 0.271. The summed E-state index contributed by atoms with van der Waals surface area (Å²) in [5, 5.41) is 6.32. The first-order valence-electron chi connectivity index (χ1n) is 3.94. The van der Waals surface area contributed by atoms with Gasteiger partial charge in [0.25, 0.3) is 0 Å². The van der Waals surface area contributed by atoms with Crippen LogP contribution in [0.15, 0.2) is 24.7 Å². The number of nitrogens with one attached hydrogen (secondary N) is 2. The number of hydrogen-bond donors (Lipinski definition) is 2. The highest BCUT2D eigenvalue weighted by atomic mass is 14.9. The van der Waals surface area contributed by atoms with Gasteiger partial charge in [-0.05, 0) is 17.7 Å². The predicted molar refractivity (Wildman–Crippen MR) is 47.8 cm³/mol. The molecule has 0 radical (unpaired) electrons. The zero-order valence-corrected chi connectivity index (χ0v) is 7.39. The van der Waals surface area contributed by atoms with Gasteiger partial charge in [0.2, 0.25) is 0 Å². The predicted octanol–water partition coefficient (Wildman–Crippen LogP) is 1.58. The van der Waals surface area contributed by atoms with Gasteiger partial charge in [0.05, 0.1) is 6.04 Å². The maximum absolute atomic E-state index is 3.29. The lowest BCUT2D eigenvalue weighted by Gasteiger charge is -2.27. The Morgan fingerprint density at radius 3 is 2.45 bits per heavy atom. The minimum Gasteiger partial charge on any atom is -0.383 e. The molecule has 62 valence electrons. The molecule has 1 heterocycles. The SMILES string of the molecule is CC(C)(C)C1C=CNC=CN1. The molecule has 1 atom stereocenters. The Labute approximate surface area is 68.4 Å². The van der Waals surface area contributed by atoms with E-state index in [4.69, 9.17) is 0 Å². The number of rotatable bonds is 0. The largest absolute Gasteiger partial charge is 0.383 e. The van der Waals surface area contributed by atoms with Crippen molar-refractivity contribution in [2.75, 3.05) is 0 Å². The van der Waals surface area contributed by atoms with Crippen LogP contribution in [0.5, 0.6) is 0 Å². The summed E-state index contributed by atoms with van der Waals surface area (Å²) in [5.74, 6) is 0. The topological polar surface area (TPSA) is 24.1 Å². The first kappa shape index (κ1) is 8.18. The normalized spacial score (nSPS) is 23.7. The van der Waals surface area contributed by atoms with Crippen LogP contribution in [0.2, 0.25) is 0 Å². The molecule has 0 amide bonds. The van der Waals surface area contributed by atoms with Crippen LogP contribution in [0.4, 0.5) is 0 Å². The summed E-state index contributed by atoms with van der Waals surface area (Å²) < 4.78 is 0. The second-order valence-electron chi connectivity index (χ2n) is 3.87. The molecule has 2 nitrogen and oxygen atoms in total. The summed E-state index contributed by atoms with van der Waals surface area (Å²) >= 11 is 0. The molecule has 0 saturated carbocycles. The highest BCUT2D eigenvalue weighted by Gasteiger charge is 2.20. The van der Waals surface area contributed by atoms with Crippen molar-refractivity contribution >= 4 is 0 Å². The quantitative estimate of drug-likeness (QED) is 0.550. The smallest absolute Gasteiger partial charge is 0.0504 e. The van der Waals surface area contributed by atoms with Gasteiger partial charge < -0.3 is 10.6 Å². The Hall–Kier alpha value is -0.920.